The molecule has 0 aromatic heterocycles. The average Bonchev–Trinajstić information content (AvgIpc) is 2.67. The number of hydrogen-bond acceptors (Lipinski definition) is 4. The summed E-state index contributed by atoms with van der Waals surface area (Å²) in [7, 11) is 3.59. The van der Waals surface area contributed by atoms with E-state index in [0.717, 1.165) is 44.0 Å². The predicted molar refractivity (Wildman–Crippen MR) is 123 cm³/mol. The van der Waals surface area contributed by atoms with Gasteiger partial charge in [0, 0.05) is 39.8 Å². The number of aliphatic imine (C=N–C) groups is 1. The molecule has 2 N–H and O–H groups in total. The summed E-state index contributed by atoms with van der Waals surface area (Å²) in [5.74, 6) is 0.943. The van der Waals surface area contributed by atoms with E-state index in [0.29, 0.717) is 24.7 Å². The van der Waals surface area contributed by atoms with E-state index in [1.807, 2.05) is 25.1 Å². The van der Waals surface area contributed by atoms with E-state index in [4.69, 9.17) is 5.26 Å². The van der Waals surface area contributed by atoms with Gasteiger partial charge in [0.1, 0.15) is 0 Å². The molecule has 1 fully saturated rings. The summed E-state index contributed by atoms with van der Waals surface area (Å²) in [5.41, 5.74) is 1.67. The lowest BCUT2D eigenvalue weighted by atomic mass is 10.1. The maximum Gasteiger partial charge on any atom is 0.236 e. The Morgan fingerprint density at radius 3 is 2.68 bits per heavy atom. The molecule has 1 amide bonds. The maximum atomic E-state index is 11.8. The van der Waals surface area contributed by atoms with Crippen molar-refractivity contribution in [1.82, 2.24) is 20.4 Å². The third kappa shape index (κ3) is 8.02. The number of hydrogen-bond donors (Lipinski definition) is 2. The molecule has 0 saturated carbocycles. The van der Waals surface area contributed by atoms with Crippen molar-refractivity contribution >= 4 is 35.8 Å². The van der Waals surface area contributed by atoms with Crippen molar-refractivity contribution in [3.8, 4) is 6.07 Å². The van der Waals surface area contributed by atoms with Gasteiger partial charge in [-0.25, -0.2) is 4.99 Å². The largest absolute Gasteiger partial charge is 0.357 e. The molecule has 154 valence electrons. The Kier molecular flexibility index (Phi) is 10.9. The van der Waals surface area contributed by atoms with Gasteiger partial charge in [-0.3, -0.25) is 9.69 Å². The van der Waals surface area contributed by atoms with Crippen molar-refractivity contribution in [1.29, 1.82) is 5.26 Å². The normalized spacial score (nSPS) is 15.3. The molecule has 1 aromatic carbocycles. The lowest BCUT2D eigenvalue weighted by Crippen LogP contribution is -2.50. The molecule has 28 heavy (non-hydrogen) atoms. The van der Waals surface area contributed by atoms with Gasteiger partial charge in [-0.1, -0.05) is 12.1 Å². The molecule has 0 aliphatic carbocycles. The Morgan fingerprint density at radius 1 is 1.36 bits per heavy atom. The molecule has 8 heteroatoms. The van der Waals surface area contributed by atoms with Crippen LogP contribution in [0.4, 0.5) is 0 Å². The third-order valence-electron chi connectivity index (χ3n) is 4.61. The molecule has 0 radical (unpaired) electrons. The zero-order valence-electron chi connectivity index (χ0n) is 16.9. The Hall–Kier alpha value is -1.86. The number of halogens is 1. The molecule has 0 atom stereocenters. The third-order valence-corrected chi connectivity index (χ3v) is 4.61. The first-order chi connectivity index (χ1) is 13.0. The van der Waals surface area contributed by atoms with E-state index in [9.17, 15) is 4.79 Å². The quantitative estimate of drug-likeness (QED) is 0.355. The van der Waals surface area contributed by atoms with Crippen LogP contribution in [0.2, 0.25) is 0 Å². The molecule has 1 heterocycles. The monoisotopic (exact) mass is 498 g/mol. The summed E-state index contributed by atoms with van der Waals surface area (Å²) in [6, 6.07) is 10.0. The molecule has 0 unspecified atom stereocenters. The standard InChI is InChI=1S/C20H30N6O.HI/c1-4-22-20(23-14-17-7-5-6-16(12-17)13-21)24-18-8-10-26(11-9-18)15-19(27)25(2)3;/h5-7,12,18H,4,8-11,14-15H2,1-3H3,(H2,22,23,24);1H. The van der Waals surface area contributed by atoms with E-state index in [2.05, 4.69) is 26.6 Å². The molecule has 1 aliphatic heterocycles. The summed E-state index contributed by atoms with van der Waals surface area (Å²) in [5, 5.41) is 15.8. The van der Waals surface area contributed by atoms with E-state index < -0.39 is 0 Å². The van der Waals surface area contributed by atoms with Crippen LogP contribution in [0, 0.1) is 11.3 Å². The first-order valence-corrected chi connectivity index (χ1v) is 9.48. The molecule has 2 rings (SSSR count). The summed E-state index contributed by atoms with van der Waals surface area (Å²) in [6.45, 7) is 5.66. The molecular formula is C20H31IN6O. The van der Waals surface area contributed by atoms with E-state index in [1.165, 1.54) is 0 Å². The highest BCUT2D eigenvalue weighted by Gasteiger charge is 2.21. The number of likely N-dealkylation sites (N-methyl/N-ethyl adjacent to an activating group) is 1. The number of amides is 1. The lowest BCUT2D eigenvalue weighted by Gasteiger charge is -2.33. The molecule has 0 spiro atoms. The van der Waals surface area contributed by atoms with Crippen LogP contribution in [0.3, 0.4) is 0 Å². The van der Waals surface area contributed by atoms with Crippen molar-refractivity contribution in [3.63, 3.8) is 0 Å². The number of nitriles is 1. The van der Waals surface area contributed by atoms with Crippen LogP contribution in [-0.2, 0) is 11.3 Å². The van der Waals surface area contributed by atoms with Gasteiger partial charge in [0.2, 0.25) is 5.91 Å². The van der Waals surface area contributed by atoms with Crippen LogP contribution in [0.1, 0.15) is 30.9 Å². The van der Waals surface area contributed by atoms with Crippen molar-refractivity contribution in [3.05, 3.63) is 35.4 Å². The number of nitrogens with zero attached hydrogens (tertiary/aromatic N) is 4. The second-order valence-corrected chi connectivity index (χ2v) is 6.99. The number of nitrogens with one attached hydrogen (secondary N) is 2. The number of carbonyl (C=O) groups excluding carboxylic acids is 1. The lowest BCUT2D eigenvalue weighted by molar-refractivity contribution is -0.130. The Labute approximate surface area is 185 Å². The average molecular weight is 498 g/mol. The molecule has 7 nitrogen and oxygen atoms in total. The van der Waals surface area contributed by atoms with Crippen LogP contribution in [0.15, 0.2) is 29.3 Å². The number of benzene rings is 1. The zero-order valence-corrected chi connectivity index (χ0v) is 19.3. The van der Waals surface area contributed by atoms with E-state index >= 15 is 0 Å². The number of likely N-dealkylation sites (tertiary alicyclic amines) is 1. The minimum absolute atomic E-state index is 0. The van der Waals surface area contributed by atoms with Crippen LogP contribution in [0.5, 0.6) is 0 Å². The minimum atomic E-state index is 0. The SMILES string of the molecule is CCNC(=NCc1cccc(C#N)c1)NC1CCN(CC(=O)N(C)C)CC1.I. The van der Waals surface area contributed by atoms with Gasteiger partial charge in [0.25, 0.3) is 0 Å². The summed E-state index contributed by atoms with van der Waals surface area (Å²) in [4.78, 5) is 20.3. The Morgan fingerprint density at radius 2 is 2.07 bits per heavy atom. The molecule has 1 aromatic rings. The van der Waals surface area contributed by atoms with Gasteiger partial charge < -0.3 is 15.5 Å². The van der Waals surface area contributed by atoms with Crippen LogP contribution in [-0.4, -0.2) is 68.0 Å². The topological polar surface area (TPSA) is 83.8 Å². The predicted octanol–water partition coefficient (Wildman–Crippen LogP) is 1.78. The highest BCUT2D eigenvalue weighted by molar-refractivity contribution is 14.0. The van der Waals surface area contributed by atoms with Gasteiger partial charge in [-0.05, 0) is 37.5 Å². The van der Waals surface area contributed by atoms with Crippen LogP contribution >= 0.6 is 24.0 Å². The zero-order chi connectivity index (χ0) is 19.6. The van der Waals surface area contributed by atoms with Gasteiger partial charge >= 0.3 is 0 Å². The number of rotatable bonds is 6. The minimum Gasteiger partial charge on any atom is -0.357 e. The fourth-order valence-electron chi connectivity index (χ4n) is 2.99. The summed E-state index contributed by atoms with van der Waals surface area (Å²) in [6.07, 6.45) is 1.96. The van der Waals surface area contributed by atoms with Crippen molar-refractivity contribution in [2.24, 2.45) is 4.99 Å². The molecule has 1 aliphatic rings. The first kappa shape index (κ1) is 24.2. The number of guanidine groups is 1. The molecule has 1 saturated heterocycles. The smallest absolute Gasteiger partial charge is 0.236 e. The number of carbonyl (C=O) groups is 1. The van der Waals surface area contributed by atoms with Gasteiger partial charge in [-0.2, -0.15) is 5.26 Å². The van der Waals surface area contributed by atoms with Crippen molar-refractivity contribution in [2.45, 2.75) is 32.4 Å². The highest BCUT2D eigenvalue weighted by atomic mass is 127. The van der Waals surface area contributed by atoms with Crippen molar-refractivity contribution < 1.29 is 4.79 Å². The van der Waals surface area contributed by atoms with Gasteiger partial charge in [0.05, 0.1) is 24.7 Å². The van der Waals surface area contributed by atoms with Gasteiger partial charge in [0.15, 0.2) is 5.96 Å². The summed E-state index contributed by atoms with van der Waals surface area (Å²) >= 11 is 0. The van der Waals surface area contributed by atoms with Crippen LogP contribution in [0.25, 0.3) is 0 Å². The van der Waals surface area contributed by atoms with Crippen LogP contribution < -0.4 is 10.6 Å². The number of piperidine rings is 1. The summed E-state index contributed by atoms with van der Waals surface area (Å²) < 4.78 is 0. The van der Waals surface area contributed by atoms with E-state index in [1.54, 1.807) is 25.1 Å². The Bertz CT molecular complexity index is 692. The second-order valence-electron chi connectivity index (χ2n) is 6.99. The van der Waals surface area contributed by atoms with Crippen molar-refractivity contribution in [2.75, 3.05) is 40.3 Å². The Balaban J connectivity index is 0.00000392. The van der Waals surface area contributed by atoms with Gasteiger partial charge in [-0.15, -0.1) is 24.0 Å². The van der Waals surface area contributed by atoms with E-state index in [-0.39, 0.29) is 29.9 Å². The molecular weight excluding hydrogens is 467 g/mol. The fraction of sp³-hybridized carbons (Fsp3) is 0.550. The fourth-order valence-corrected chi connectivity index (χ4v) is 2.99. The second kappa shape index (κ2) is 12.6. The first-order valence-electron chi connectivity index (χ1n) is 9.48. The highest BCUT2D eigenvalue weighted by Crippen LogP contribution is 2.11. The maximum absolute atomic E-state index is 11.8. The molecule has 0 bridgehead atoms.